The number of carbonyl (C=O) groups excluding carboxylic acids is 1. The van der Waals surface area contributed by atoms with Crippen LogP contribution in [-0.4, -0.2) is 32.3 Å². The van der Waals surface area contributed by atoms with Gasteiger partial charge >= 0.3 is 6.18 Å². The Bertz CT molecular complexity index is 1280. The van der Waals surface area contributed by atoms with Crippen LogP contribution in [0.3, 0.4) is 0 Å². The molecule has 0 bridgehead atoms. The molecule has 172 valence electrons. The van der Waals surface area contributed by atoms with Crippen LogP contribution in [0.5, 0.6) is 0 Å². The monoisotopic (exact) mass is 458 g/mol. The fourth-order valence-electron chi connectivity index (χ4n) is 3.57. The number of hydrogen-bond donors (Lipinski definition) is 2. The van der Waals surface area contributed by atoms with Gasteiger partial charge in [-0.2, -0.15) is 18.3 Å². The van der Waals surface area contributed by atoms with Gasteiger partial charge in [-0.05, 0) is 43.7 Å². The number of alkyl halides is 3. The molecule has 0 radical (unpaired) electrons. The summed E-state index contributed by atoms with van der Waals surface area (Å²) >= 11 is 0. The Balaban J connectivity index is 1.65. The van der Waals surface area contributed by atoms with Gasteiger partial charge < -0.3 is 14.8 Å². The van der Waals surface area contributed by atoms with Gasteiger partial charge in [0.15, 0.2) is 11.4 Å². The number of carbonyl (C=O) groups is 1. The predicted octanol–water partition coefficient (Wildman–Crippen LogP) is 4.75. The van der Waals surface area contributed by atoms with Gasteiger partial charge in [-0.3, -0.25) is 4.79 Å². The van der Waals surface area contributed by atoms with Crippen molar-refractivity contribution in [3.63, 3.8) is 0 Å². The Kier molecular flexibility index (Phi) is 5.94. The predicted molar refractivity (Wildman–Crippen MR) is 114 cm³/mol. The van der Waals surface area contributed by atoms with Crippen LogP contribution in [0.15, 0.2) is 59.3 Å². The van der Waals surface area contributed by atoms with Crippen molar-refractivity contribution >= 4 is 16.9 Å². The molecule has 3 heterocycles. The number of furan rings is 1. The fraction of sp³-hybridized carbons (Fsp3) is 0.261. The summed E-state index contributed by atoms with van der Waals surface area (Å²) in [7, 11) is 0. The second-order valence-electron chi connectivity index (χ2n) is 7.76. The molecule has 3 aromatic heterocycles. The molecule has 1 aromatic carbocycles. The summed E-state index contributed by atoms with van der Waals surface area (Å²) in [6.45, 7) is 3.42. The third kappa shape index (κ3) is 4.47. The number of halogens is 3. The Morgan fingerprint density at radius 1 is 1.21 bits per heavy atom. The van der Waals surface area contributed by atoms with Crippen molar-refractivity contribution < 1.29 is 27.5 Å². The summed E-state index contributed by atoms with van der Waals surface area (Å²) < 4.78 is 46.9. The Labute approximate surface area is 186 Å². The summed E-state index contributed by atoms with van der Waals surface area (Å²) in [5.41, 5.74) is -0.171. The lowest BCUT2D eigenvalue weighted by Gasteiger charge is -2.18. The summed E-state index contributed by atoms with van der Waals surface area (Å²) in [6.07, 6.45) is -3.18. The van der Waals surface area contributed by atoms with E-state index in [1.165, 1.54) is 36.7 Å². The maximum absolute atomic E-state index is 13.3. The minimum Gasteiger partial charge on any atom is -0.463 e. The van der Waals surface area contributed by atoms with E-state index < -0.39 is 30.3 Å². The summed E-state index contributed by atoms with van der Waals surface area (Å²) in [4.78, 5) is 17.6. The van der Waals surface area contributed by atoms with E-state index in [0.29, 0.717) is 22.5 Å². The summed E-state index contributed by atoms with van der Waals surface area (Å²) in [5, 5.41) is 17.7. The number of amides is 1. The Morgan fingerprint density at radius 3 is 2.64 bits per heavy atom. The van der Waals surface area contributed by atoms with Crippen molar-refractivity contribution in [2.45, 2.75) is 32.2 Å². The van der Waals surface area contributed by atoms with Crippen molar-refractivity contribution in [3.8, 4) is 11.5 Å². The lowest BCUT2D eigenvalue weighted by Crippen LogP contribution is -2.29. The first kappa shape index (κ1) is 22.5. The van der Waals surface area contributed by atoms with Crippen molar-refractivity contribution in [1.29, 1.82) is 0 Å². The van der Waals surface area contributed by atoms with Crippen LogP contribution in [0.25, 0.3) is 22.5 Å². The van der Waals surface area contributed by atoms with Crippen LogP contribution in [-0.2, 0) is 6.18 Å². The minimum atomic E-state index is -4.62. The highest BCUT2D eigenvalue weighted by atomic mass is 19.4. The minimum absolute atomic E-state index is 0.0292. The number of aliphatic hydroxyl groups excluding tert-OH is 1. The highest BCUT2D eigenvalue weighted by molar-refractivity contribution is 6.06. The van der Waals surface area contributed by atoms with Gasteiger partial charge in [0.05, 0.1) is 35.1 Å². The number of pyridine rings is 1. The molecule has 4 aromatic rings. The molecule has 0 aliphatic heterocycles. The molecular weight excluding hydrogens is 437 g/mol. The maximum Gasteiger partial charge on any atom is 0.416 e. The largest absolute Gasteiger partial charge is 0.463 e. The van der Waals surface area contributed by atoms with Gasteiger partial charge in [0.25, 0.3) is 5.91 Å². The van der Waals surface area contributed by atoms with E-state index in [9.17, 15) is 23.1 Å². The molecule has 1 amide bonds. The smallest absolute Gasteiger partial charge is 0.416 e. The first-order valence-electron chi connectivity index (χ1n) is 10.2. The van der Waals surface area contributed by atoms with E-state index in [2.05, 4.69) is 15.4 Å². The highest BCUT2D eigenvalue weighted by Crippen LogP contribution is 2.34. The number of benzene rings is 1. The van der Waals surface area contributed by atoms with E-state index in [1.54, 1.807) is 16.8 Å². The quantitative estimate of drug-likeness (QED) is 0.435. The average molecular weight is 458 g/mol. The van der Waals surface area contributed by atoms with Crippen molar-refractivity contribution in [1.82, 2.24) is 20.1 Å². The van der Waals surface area contributed by atoms with Crippen LogP contribution < -0.4 is 5.32 Å². The van der Waals surface area contributed by atoms with Crippen LogP contribution in [0.1, 0.15) is 47.5 Å². The zero-order chi connectivity index (χ0) is 23.8. The third-order valence-corrected chi connectivity index (χ3v) is 5.16. The fourth-order valence-corrected chi connectivity index (χ4v) is 3.57. The first-order chi connectivity index (χ1) is 15.7. The van der Waals surface area contributed by atoms with Crippen LogP contribution >= 0.6 is 0 Å². The SMILES string of the molecule is CC(C)n1ncc2c(C(=O)NCC(O)c3ccccc3C(F)(F)F)cc(-c3ccco3)nc21. The second kappa shape index (κ2) is 8.70. The van der Waals surface area contributed by atoms with E-state index in [1.807, 2.05) is 13.8 Å². The van der Waals surface area contributed by atoms with Crippen LogP contribution in [0, 0.1) is 0 Å². The number of nitrogens with zero attached hydrogens (tertiary/aromatic N) is 3. The molecule has 10 heteroatoms. The molecule has 4 rings (SSSR count). The van der Waals surface area contributed by atoms with Gasteiger partial charge in [-0.15, -0.1) is 0 Å². The standard InChI is InChI=1S/C23H21F3N4O3/c1-13(2)30-21-16(11-28-30)15(10-18(29-21)20-8-5-9-33-20)22(32)27-12-19(31)14-6-3-4-7-17(14)23(24,25)26/h3-11,13,19,31H,12H2,1-2H3,(H,27,32). The molecule has 1 unspecified atom stereocenters. The molecule has 0 aliphatic carbocycles. The number of aromatic nitrogens is 3. The normalized spacial score (nSPS) is 12.9. The highest BCUT2D eigenvalue weighted by Gasteiger charge is 2.34. The molecule has 33 heavy (non-hydrogen) atoms. The molecule has 0 spiro atoms. The second-order valence-corrected chi connectivity index (χ2v) is 7.76. The summed E-state index contributed by atoms with van der Waals surface area (Å²) in [5.74, 6) is -0.136. The Hall–Kier alpha value is -3.66. The topological polar surface area (TPSA) is 93.2 Å². The number of aliphatic hydroxyl groups is 1. The van der Waals surface area contributed by atoms with Crippen molar-refractivity contribution in [2.24, 2.45) is 0 Å². The van der Waals surface area contributed by atoms with Gasteiger partial charge in [0.1, 0.15) is 5.69 Å². The third-order valence-electron chi connectivity index (χ3n) is 5.16. The van der Waals surface area contributed by atoms with Crippen LogP contribution in [0.4, 0.5) is 13.2 Å². The van der Waals surface area contributed by atoms with E-state index in [0.717, 1.165) is 6.07 Å². The number of rotatable bonds is 6. The zero-order valence-electron chi connectivity index (χ0n) is 17.8. The Morgan fingerprint density at radius 2 is 1.97 bits per heavy atom. The van der Waals surface area contributed by atoms with E-state index >= 15 is 0 Å². The average Bonchev–Trinajstić information content (AvgIpc) is 3.46. The maximum atomic E-state index is 13.3. The number of hydrogen-bond acceptors (Lipinski definition) is 5. The van der Waals surface area contributed by atoms with Crippen molar-refractivity contribution in [2.75, 3.05) is 6.54 Å². The van der Waals surface area contributed by atoms with Crippen LogP contribution in [0.2, 0.25) is 0 Å². The molecule has 0 aliphatic rings. The lowest BCUT2D eigenvalue weighted by atomic mass is 10.0. The molecule has 0 fully saturated rings. The van der Waals surface area contributed by atoms with E-state index in [4.69, 9.17) is 4.42 Å². The number of fused-ring (bicyclic) bond motifs is 1. The van der Waals surface area contributed by atoms with E-state index in [-0.39, 0.29) is 17.2 Å². The molecule has 0 saturated carbocycles. The summed E-state index contributed by atoms with van der Waals surface area (Å²) in [6, 6.07) is 9.61. The number of nitrogens with one attached hydrogen (secondary N) is 1. The lowest BCUT2D eigenvalue weighted by molar-refractivity contribution is -0.139. The van der Waals surface area contributed by atoms with Crippen molar-refractivity contribution in [3.05, 3.63) is 71.6 Å². The molecular formula is C23H21F3N4O3. The van der Waals surface area contributed by atoms with Gasteiger partial charge in [-0.1, -0.05) is 18.2 Å². The molecule has 0 saturated heterocycles. The zero-order valence-corrected chi connectivity index (χ0v) is 17.8. The molecule has 7 nitrogen and oxygen atoms in total. The van der Waals surface area contributed by atoms with Gasteiger partial charge in [0, 0.05) is 12.6 Å². The first-order valence-corrected chi connectivity index (χ1v) is 10.2. The van der Waals surface area contributed by atoms with Gasteiger partial charge in [-0.25, -0.2) is 9.67 Å². The van der Waals surface area contributed by atoms with Gasteiger partial charge in [0.2, 0.25) is 0 Å². The molecule has 1 atom stereocenters. The molecule has 2 N–H and O–H groups in total.